The van der Waals surface area contributed by atoms with Crippen LogP contribution in [0.1, 0.15) is 42.9 Å². The first kappa shape index (κ1) is 16.6. The van der Waals surface area contributed by atoms with Gasteiger partial charge in [-0.3, -0.25) is 9.59 Å². The predicted molar refractivity (Wildman–Crippen MR) is 98.7 cm³/mol. The summed E-state index contributed by atoms with van der Waals surface area (Å²) in [7, 11) is 0. The molecule has 0 saturated carbocycles. The van der Waals surface area contributed by atoms with Gasteiger partial charge in [-0.2, -0.15) is 0 Å². The number of hydrogen-bond acceptors (Lipinski definition) is 4. The zero-order chi connectivity index (χ0) is 18.3. The van der Waals surface area contributed by atoms with Crippen LogP contribution in [0.4, 0.5) is 0 Å². The van der Waals surface area contributed by atoms with Crippen molar-refractivity contribution < 1.29 is 19.1 Å². The van der Waals surface area contributed by atoms with Crippen molar-refractivity contribution in [1.29, 1.82) is 0 Å². The van der Waals surface area contributed by atoms with E-state index in [1.54, 1.807) is 0 Å². The summed E-state index contributed by atoms with van der Waals surface area (Å²) in [5.74, 6) is 0.217. The van der Waals surface area contributed by atoms with Crippen LogP contribution in [0.2, 0.25) is 0 Å². The molecule has 1 unspecified atom stereocenters. The van der Waals surface area contributed by atoms with Gasteiger partial charge in [-0.15, -0.1) is 0 Å². The fraction of sp³-hybridized carbons (Fsp3) is 0.273. The van der Waals surface area contributed by atoms with E-state index in [4.69, 9.17) is 9.47 Å². The Balaban J connectivity index is 1.68. The zero-order valence-corrected chi connectivity index (χ0v) is 14.8. The molecule has 1 aromatic carbocycles. The summed E-state index contributed by atoms with van der Waals surface area (Å²) in [6.45, 7) is 2.86. The highest BCUT2D eigenvalue weighted by atomic mass is 16.5. The number of fused-ring (bicyclic) bond motifs is 1. The van der Waals surface area contributed by atoms with Crippen molar-refractivity contribution in [2.75, 3.05) is 0 Å². The van der Waals surface area contributed by atoms with Crippen LogP contribution in [0.15, 0.2) is 53.7 Å². The Kier molecular flexibility index (Phi) is 4.11. The van der Waals surface area contributed by atoms with E-state index < -0.39 is 0 Å². The third kappa shape index (κ3) is 2.92. The third-order valence-electron chi connectivity index (χ3n) is 4.99. The molecule has 4 nitrogen and oxygen atoms in total. The van der Waals surface area contributed by atoms with Gasteiger partial charge >= 0.3 is 11.9 Å². The van der Waals surface area contributed by atoms with Crippen molar-refractivity contribution in [3.05, 3.63) is 70.3 Å². The molecule has 1 aromatic rings. The molecule has 4 heteroatoms. The lowest BCUT2D eigenvalue weighted by molar-refractivity contribution is -0.144. The fourth-order valence-corrected chi connectivity index (χ4v) is 3.98. The van der Waals surface area contributed by atoms with Gasteiger partial charge in [0.25, 0.3) is 0 Å². The summed E-state index contributed by atoms with van der Waals surface area (Å²) < 4.78 is 10.7. The first-order valence-corrected chi connectivity index (χ1v) is 8.80. The maximum absolute atomic E-state index is 11.4. The van der Waals surface area contributed by atoms with E-state index in [0.717, 1.165) is 17.5 Å². The second-order valence-corrected chi connectivity index (χ2v) is 6.77. The van der Waals surface area contributed by atoms with Crippen molar-refractivity contribution in [3.63, 3.8) is 0 Å². The maximum atomic E-state index is 11.4. The van der Waals surface area contributed by atoms with E-state index in [2.05, 4.69) is 24.3 Å². The Labute approximate surface area is 152 Å². The van der Waals surface area contributed by atoms with Gasteiger partial charge in [-0.25, -0.2) is 0 Å². The van der Waals surface area contributed by atoms with Gasteiger partial charge in [-0.1, -0.05) is 36.4 Å². The van der Waals surface area contributed by atoms with Crippen molar-refractivity contribution in [1.82, 2.24) is 0 Å². The Morgan fingerprint density at radius 1 is 1.04 bits per heavy atom. The summed E-state index contributed by atoms with van der Waals surface area (Å²) in [4.78, 5) is 22.7. The van der Waals surface area contributed by atoms with Crippen molar-refractivity contribution >= 4 is 18.0 Å². The van der Waals surface area contributed by atoms with Crippen molar-refractivity contribution in [3.8, 4) is 5.75 Å². The average molecular weight is 348 g/mol. The molecule has 3 aliphatic rings. The third-order valence-corrected chi connectivity index (χ3v) is 4.99. The molecule has 3 aliphatic carbocycles. The topological polar surface area (TPSA) is 52.6 Å². The molecular weight excluding hydrogens is 328 g/mol. The second kappa shape index (κ2) is 6.45. The van der Waals surface area contributed by atoms with Gasteiger partial charge in [0.1, 0.15) is 11.9 Å². The molecule has 2 atom stereocenters. The zero-order valence-electron chi connectivity index (χ0n) is 14.8. The quantitative estimate of drug-likeness (QED) is 0.611. The Hall–Kier alpha value is -2.88. The highest BCUT2D eigenvalue weighted by molar-refractivity contribution is 5.74. The van der Waals surface area contributed by atoms with Gasteiger partial charge in [0.2, 0.25) is 0 Å². The minimum Gasteiger partial charge on any atom is -0.458 e. The molecule has 4 rings (SSSR count). The van der Waals surface area contributed by atoms with E-state index in [-0.39, 0.29) is 24.0 Å². The lowest BCUT2D eigenvalue weighted by atomic mass is 9.83. The number of hydrogen-bond donors (Lipinski definition) is 0. The largest absolute Gasteiger partial charge is 0.458 e. The van der Waals surface area contributed by atoms with Crippen LogP contribution in [0.3, 0.4) is 0 Å². The van der Waals surface area contributed by atoms with Gasteiger partial charge < -0.3 is 9.47 Å². The number of esters is 2. The van der Waals surface area contributed by atoms with Gasteiger partial charge in [0, 0.05) is 31.7 Å². The monoisotopic (exact) mass is 348 g/mol. The van der Waals surface area contributed by atoms with E-state index >= 15 is 0 Å². The summed E-state index contributed by atoms with van der Waals surface area (Å²) in [6.07, 6.45) is 13.8. The van der Waals surface area contributed by atoms with Crippen molar-refractivity contribution in [2.24, 2.45) is 0 Å². The van der Waals surface area contributed by atoms with Crippen LogP contribution < -0.4 is 4.74 Å². The number of rotatable bonds is 3. The molecular formula is C22H20O4. The SMILES string of the molecule is CC(=O)Oc1ccc(C2C=CC3=C2C[C@@H](OC(C)=O)C=C3)c2c1CC=C2. The van der Waals surface area contributed by atoms with Gasteiger partial charge in [-0.05, 0) is 40.8 Å². The molecule has 0 bridgehead atoms. The normalized spacial score (nSPS) is 22.4. The first-order valence-electron chi connectivity index (χ1n) is 8.80. The van der Waals surface area contributed by atoms with Gasteiger partial charge in [0.05, 0.1) is 0 Å². The molecule has 132 valence electrons. The standard InChI is InChI=1S/C22H20O4/c1-13(23)25-16-8-6-15-7-9-19(21(15)12-16)18-10-11-22(26-14(2)24)20-5-3-4-17(18)20/h3-4,6-11,16,19H,5,12H2,1-2H3/t16-,19?/m0/s1. The van der Waals surface area contributed by atoms with Crippen molar-refractivity contribution in [2.45, 2.75) is 38.7 Å². The number of carbonyl (C=O) groups excluding carboxylic acids is 2. The minimum atomic E-state index is -0.306. The second-order valence-electron chi connectivity index (χ2n) is 6.77. The molecule has 26 heavy (non-hydrogen) atoms. The van der Waals surface area contributed by atoms with E-state index in [1.165, 1.54) is 30.6 Å². The molecule has 0 radical (unpaired) electrons. The van der Waals surface area contributed by atoms with Crippen LogP contribution in [-0.2, 0) is 20.7 Å². The first-order chi connectivity index (χ1) is 12.5. The molecule has 0 amide bonds. The molecule has 0 aliphatic heterocycles. The van der Waals surface area contributed by atoms with Crippen LogP contribution in [0, 0.1) is 0 Å². The fourth-order valence-electron chi connectivity index (χ4n) is 3.98. The summed E-state index contributed by atoms with van der Waals surface area (Å²) in [5, 5.41) is 0. The van der Waals surface area contributed by atoms with Gasteiger partial charge in [0.15, 0.2) is 0 Å². The Bertz CT molecular complexity index is 914. The summed E-state index contributed by atoms with van der Waals surface area (Å²) in [6, 6.07) is 3.92. The Morgan fingerprint density at radius 3 is 2.62 bits per heavy atom. The average Bonchev–Trinajstić information content (AvgIpc) is 3.21. The van der Waals surface area contributed by atoms with Crippen LogP contribution in [0.5, 0.6) is 5.75 Å². The number of allylic oxidation sites excluding steroid dienone is 5. The summed E-state index contributed by atoms with van der Waals surface area (Å²) in [5.41, 5.74) is 5.84. The van der Waals surface area contributed by atoms with E-state index in [9.17, 15) is 9.59 Å². The molecule has 0 saturated heterocycles. The molecule has 0 spiro atoms. The van der Waals surface area contributed by atoms with E-state index in [1.807, 2.05) is 24.3 Å². The number of ether oxygens (including phenoxy) is 2. The molecule has 0 N–H and O–H groups in total. The number of carbonyl (C=O) groups is 2. The lowest BCUT2D eigenvalue weighted by Gasteiger charge is -2.24. The van der Waals surface area contributed by atoms with Crippen LogP contribution in [0.25, 0.3) is 6.08 Å². The molecule has 0 aromatic heterocycles. The molecule has 0 heterocycles. The van der Waals surface area contributed by atoms with Crippen LogP contribution in [-0.4, -0.2) is 18.0 Å². The van der Waals surface area contributed by atoms with E-state index in [0.29, 0.717) is 12.2 Å². The molecule has 0 fully saturated rings. The van der Waals surface area contributed by atoms with Crippen LogP contribution >= 0.6 is 0 Å². The smallest absolute Gasteiger partial charge is 0.308 e. The lowest BCUT2D eigenvalue weighted by Crippen LogP contribution is -2.18. The minimum absolute atomic E-state index is 0.149. The highest BCUT2D eigenvalue weighted by Crippen LogP contribution is 2.44. The predicted octanol–water partition coefficient (Wildman–Crippen LogP) is 4.02. The summed E-state index contributed by atoms with van der Waals surface area (Å²) >= 11 is 0. The maximum Gasteiger partial charge on any atom is 0.308 e. The number of benzene rings is 1. The highest BCUT2D eigenvalue weighted by Gasteiger charge is 2.30. The Morgan fingerprint density at radius 2 is 1.85 bits per heavy atom.